The Labute approximate surface area is 106 Å². The number of morpholine rings is 1. The summed E-state index contributed by atoms with van der Waals surface area (Å²) in [7, 11) is 2.01. The van der Waals surface area contributed by atoms with E-state index < -0.39 is 5.97 Å². The first-order chi connectivity index (χ1) is 8.65. The fraction of sp³-hybridized carbons (Fsp3) is 0.500. The van der Waals surface area contributed by atoms with E-state index in [4.69, 9.17) is 15.2 Å². The summed E-state index contributed by atoms with van der Waals surface area (Å²) in [6, 6.07) is 3.17. The van der Waals surface area contributed by atoms with Gasteiger partial charge in [0.2, 0.25) is 0 Å². The van der Waals surface area contributed by atoms with E-state index in [9.17, 15) is 4.79 Å². The summed E-state index contributed by atoms with van der Waals surface area (Å²) in [6.07, 6.45) is 1.36. The minimum absolute atomic E-state index is 0.0681. The lowest BCUT2D eigenvalue weighted by atomic mass is 10.3. The molecule has 1 aliphatic rings. The summed E-state index contributed by atoms with van der Waals surface area (Å²) in [5.41, 5.74) is 6.27. The van der Waals surface area contributed by atoms with Crippen LogP contribution in [0.25, 0.3) is 0 Å². The van der Waals surface area contributed by atoms with E-state index in [-0.39, 0.29) is 18.4 Å². The van der Waals surface area contributed by atoms with Crippen molar-refractivity contribution in [3.63, 3.8) is 0 Å². The molecule has 0 bridgehead atoms. The van der Waals surface area contributed by atoms with Gasteiger partial charge in [-0.25, -0.2) is 9.78 Å². The smallest absolute Gasteiger partial charge is 0.357 e. The highest BCUT2D eigenvalue weighted by molar-refractivity contribution is 5.87. The van der Waals surface area contributed by atoms with Crippen LogP contribution >= 0.6 is 0 Å². The average Bonchev–Trinajstić information content (AvgIpc) is 2.37. The molecule has 1 aliphatic heterocycles. The Kier molecular flexibility index (Phi) is 4.11. The minimum Gasteiger partial charge on any atom is -0.458 e. The zero-order valence-corrected chi connectivity index (χ0v) is 10.3. The molecule has 1 atom stereocenters. The van der Waals surface area contributed by atoms with Gasteiger partial charge < -0.3 is 20.1 Å². The first-order valence-corrected chi connectivity index (χ1v) is 5.84. The number of nitrogens with two attached hydrogens (primary N) is 1. The lowest BCUT2D eigenvalue weighted by Gasteiger charge is -2.29. The number of aromatic nitrogens is 1. The predicted octanol–water partition coefficient (Wildman–Crippen LogP) is 0.151. The van der Waals surface area contributed by atoms with Crippen molar-refractivity contribution < 1.29 is 14.3 Å². The summed E-state index contributed by atoms with van der Waals surface area (Å²) >= 11 is 0. The zero-order valence-electron chi connectivity index (χ0n) is 10.3. The van der Waals surface area contributed by atoms with E-state index in [2.05, 4.69) is 9.88 Å². The van der Waals surface area contributed by atoms with E-state index in [1.165, 1.54) is 6.20 Å². The Hall–Kier alpha value is -1.66. The number of anilines is 1. The molecule has 1 aromatic heterocycles. The Morgan fingerprint density at radius 1 is 1.67 bits per heavy atom. The highest BCUT2D eigenvalue weighted by atomic mass is 16.6. The van der Waals surface area contributed by atoms with E-state index in [0.29, 0.717) is 12.3 Å². The molecule has 1 saturated heterocycles. The number of nitrogens with zero attached hydrogens (tertiary/aromatic N) is 2. The largest absolute Gasteiger partial charge is 0.458 e. The van der Waals surface area contributed by atoms with Gasteiger partial charge in [-0.15, -0.1) is 0 Å². The lowest BCUT2D eigenvalue weighted by molar-refractivity contribution is -0.0529. The molecule has 1 unspecified atom stereocenters. The van der Waals surface area contributed by atoms with E-state index >= 15 is 0 Å². The molecule has 6 heteroatoms. The highest BCUT2D eigenvalue weighted by Gasteiger charge is 2.20. The number of hydrogen-bond donors (Lipinski definition) is 1. The van der Waals surface area contributed by atoms with Crippen molar-refractivity contribution in [2.24, 2.45) is 0 Å². The molecule has 0 amide bonds. The molecule has 18 heavy (non-hydrogen) atoms. The summed E-state index contributed by atoms with van der Waals surface area (Å²) in [6.45, 7) is 2.58. The molecule has 0 radical (unpaired) electrons. The Morgan fingerprint density at radius 2 is 2.50 bits per heavy atom. The van der Waals surface area contributed by atoms with Gasteiger partial charge in [-0.1, -0.05) is 0 Å². The molecule has 1 aromatic rings. The Balaban J connectivity index is 1.82. The maximum absolute atomic E-state index is 11.7. The first-order valence-electron chi connectivity index (χ1n) is 5.84. The molecule has 2 rings (SSSR count). The van der Waals surface area contributed by atoms with Crippen LogP contribution < -0.4 is 5.73 Å². The third-order valence-corrected chi connectivity index (χ3v) is 2.74. The van der Waals surface area contributed by atoms with Crippen LogP contribution in [-0.2, 0) is 9.47 Å². The van der Waals surface area contributed by atoms with Crippen molar-refractivity contribution in [2.75, 3.05) is 39.1 Å². The topological polar surface area (TPSA) is 77.7 Å². The fourth-order valence-corrected chi connectivity index (χ4v) is 1.74. The van der Waals surface area contributed by atoms with Crippen LogP contribution in [-0.4, -0.2) is 55.3 Å². The van der Waals surface area contributed by atoms with Gasteiger partial charge in [-0.05, 0) is 19.2 Å². The third kappa shape index (κ3) is 3.41. The monoisotopic (exact) mass is 251 g/mol. The van der Waals surface area contributed by atoms with Crippen LogP contribution in [0.2, 0.25) is 0 Å². The molecular weight excluding hydrogens is 234 g/mol. The number of esters is 1. The van der Waals surface area contributed by atoms with Crippen molar-refractivity contribution in [3.8, 4) is 0 Å². The summed E-state index contributed by atoms with van der Waals surface area (Å²) < 4.78 is 10.7. The van der Waals surface area contributed by atoms with Gasteiger partial charge in [0.25, 0.3) is 0 Å². The van der Waals surface area contributed by atoms with E-state index in [1.54, 1.807) is 12.1 Å². The van der Waals surface area contributed by atoms with Crippen LogP contribution in [0.1, 0.15) is 10.5 Å². The van der Waals surface area contributed by atoms with Gasteiger partial charge in [-0.2, -0.15) is 0 Å². The van der Waals surface area contributed by atoms with Crippen molar-refractivity contribution >= 4 is 11.7 Å². The van der Waals surface area contributed by atoms with Crippen molar-refractivity contribution in [2.45, 2.75) is 6.10 Å². The van der Waals surface area contributed by atoms with Crippen molar-refractivity contribution in [3.05, 3.63) is 24.0 Å². The molecule has 2 N–H and O–H groups in total. The molecule has 6 nitrogen and oxygen atoms in total. The van der Waals surface area contributed by atoms with Crippen molar-refractivity contribution in [1.29, 1.82) is 0 Å². The molecule has 1 fully saturated rings. The van der Waals surface area contributed by atoms with Crippen LogP contribution in [0.4, 0.5) is 5.69 Å². The van der Waals surface area contributed by atoms with Crippen LogP contribution in [0.3, 0.4) is 0 Å². The summed E-state index contributed by atoms with van der Waals surface area (Å²) in [5, 5.41) is 0. The van der Waals surface area contributed by atoms with Gasteiger partial charge >= 0.3 is 5.97 Å². The summed E-state index contributed by atoms with van der Waals surface area (Å²) in [4.78, 5) is 17.7. The molecule has 2 heterocycles. The number of carbonyl (C=O) groups is 1. The van der Waals surface area contributed by atoms with Gasteiger partial charge in [0.15, 0.2) is 0 Å². The number of carbonyl (C=O) groups excluding carboxylic acids is 1. The second kappa shape index (κ2) is 5.79. The number of pyridine rings is 1. The fourth-order valence-electron chi connectivity index (χ4n) is 1.74. The Bertz CT molecular complexity index is 408. The first kappa shape index (κ1) is 12.8. The summed E-state index contributed by atoms with van der Waals surface area (Å²) in [5.74, 6) is -0.452. The van der Waals surface area contributed by atoms with Crippen LogP contribution in [0.5, 0.6) is 0 Å². The SMILES string of the molecule is CN1CCOC(COC(=O)c2ccc(N)cn2)C1. The second-order valence-corrected chi connectivity index (χ2v) is 4.33. The molecule has 98 valence electrons. The number of nitrogen functional groups attached to an aromatic ring is 1. The molecule has 0 aliphatic carbocycles. The number of likely N-dealkylation sites (N-methyl/N-ethyl adjacent to an activating group) is 1. The molecule has 0 saturated carbocycles. The maximum Gasteiger partial charge on any atom is 0.357 e. The predicted molar refractivity (Wildman–Crippen MR) is 66.2 cm³/mol. The number of hydrogen-bond acceptors (Lipinski definition) is 6. The van der Waals surface area contributed by atoms with E-state index in [1.807, 2.05) is 7.05 Å². The Morgan fingerprint density at radius 3 is 3.17 bits per heavy atom. The van der Waals surface area contributed by atoms with Gasteiger partial charge in [-0.3, -0.25) is 0 Å². The third-order valence-electron chi connectivity index (χ3n) is 2.74. The minimum atomic E-state index is -0.452. The lowest BCUT2D eigenvalue weighted by Crippen LogP contribution is -2.42. The maximum atomic E-state index is 11.7. The normalized spacial score (nSPS) is 20.6. The van der Waals surface area contributed by atoms with E-state index in [0.717, 1.165) is 13.1 Å². The molecular formula is C12H17N3O3. The van der Waals surface area contributed by atoms with Gasteiger partial charge in [0.05, 0.1) is 18.5 Å². The van der Waals surface area contributed by atoms with Crippen LogP contribution in [0.15, 0.2) is 18.3 Å². The average molecular weight is 251 g/mol. The number of ether oxygens (including phenoxy) is 2. The van der Waals surface area contributed by atoms with Gasteiger partial charge in [0.1, 0.15) is 18.4 Å². The van der Waals surface area contributed by atoms with Gasteiger partial charge in [0, 0.05) is 13.1 Å². The molecule has 0 aromatic carbocycles. The molecule has 0 spiro atoms. The van der Waals surface area contributed by atoms with Crippen molar-refractivity contribution in [1.82, 2.24) is 9.88 Å². The highest BCUT2D eigenvalue weighted by Crippen LogP contribution is 2.06. The van der Waals surface area contributed by atoms with Crippen LogP contribution in [0, 0.1) is 0 Å². The number of rotatable bonds is 3. The second-order valence-electron chi connectivity index (χ2n) is 4.33. The zero-order chi connectivity index (χ0) is 13.0. The quantitative estimate of drug-likeness (QED) is 0.771. The standard InChI is InChI=1S/C12H17N3O3/c1-15-4-5-17-10(7-15)8-18-12(16)11-3-2-9(13)6-14-11/h2-3,6,10H,4-5,7-8,13H2,1H3.